The molecule has 0 aromatic carbocycles. The first kappa shape index (κ1) is 123. The Labute approximate surface area is 542 Å². The number of rotatable bonds is 15. The number of hydrogen-bond donors (Lipinski definition) is 8. The Morgan fingerprint density at radius 2 is 1.00 bits per heavy atom. The quantitative estimate of drug-likeness (QED) is 0.0266. The molecule has 20 nitrogen and oxygen atoms in total. The summed E-state index contributed by atoms with van der Waals surface area (Å²) in [5.41, 5.74) is 5.27. The van der Waals surface area contributed by atoms with Crippen LogP contribution in [0.15, 0.2) is 10.7 Å². The maximum atomic E-state index is 10.3. The third kappa shape index (κ3) is 138. The van der Waals surface area contributed by atoms with Crippen molar-refractivity contribution in [3.8, 4) is 0 Å². The number of alkyl halides is 2. The van der Waals surface area contributed by atoms with Crippen molar-refractivity contribution in [3.05, 3.63) is 20.2 Å². The van der Waals surface area contributed by atoms with E-state index >= 15 is 0 Å². The SMILES string of the molecule is Br.CC[C@H](C)CC(=O)O.CC[C@H](C)CCO.CC[C@H](C)[C@H](Br)C(=O)O.CC[C@H](C)[C@H](Cl)C(=O)O.CC[C@H](C)[C@H](N)C(=O)O.Cl.O=N[O-].O=N[O-].O=S(=O)(O)O.[AlH3].[Cr].[Cr].[H-].[Li+].[Na+].[Na+].[Na][Na].[Zn]. The maximum Gasteiger partial charge on any atom is 0 e. The van der Waals surface area contributed by atoms with Gasteiger partial charge in [-0.3, -0.25) is 28.3 Å². The molecule has 0 aromatic heterocycles. The predicted octanol–water partition coefficient (Wildman–Crippen LogP) is -3.01. The van der Waals surface area contributed by atoms with Crippen molar-refractivity contribution in [1.29, 1.82) is 0 Å². The first-order valence-electron chi connectivity index (χ1n) is 17.2. The molecule has 64 heavy (non-hydrogen) atoms. The minimum absolute atomic E-state index is 0. The molecule has 0 unspecified atom stereocenters. The Morgan fingerprint density at radius 3 is 1.08 bits per heavy atom. The molecule has 0 saturated carbocycles. The Hall–Kier alpha value is 4.83. The van der Waals surface area contributed by atoms with Crippen LogP contribution in [0.1, 0.15) is 116 Å². The minimum atomic E-state index is -4.67. The van der Waals surface area contributed by atoms with Crippen molar-refractivity contribution in [2.75, 3.05) is 6.61 Å². The number of aliphatic carboxylic acids is 4. The Bertz CT molecular complexity index is 999. The minimum Gasteiger partial charge on any atom is 0 e. The van der Waals surface area contributed by atoms with Gasteiger partial charge in [0, 0.05) is 67.2 Å². The zero-order chi connectivity index (χ0) is 46.5. The van der Waals surface area contributed by atoms with Crippen molar-refractivity contribution < 1.29 is 196 Å². The molecule has 0 aromatic rings. The summed E-state index contributed by atoms with van der Waals surface area (Å²) in [6.45, 7) is 19.9. The molecule has 0 aliphatic heterocycles. The van der Waals surface area contributed by atoms with Crippen LogP contribution in [0, 0.1) is 49.8 Å². The number of aliphatic hydroxyl groups excluding tert-OH is 1. The fraction of sp³-hybridized carbons (Fsp3) is 0.867. The number of carbonyl (C=O) groups is 4. The summed E-state index contributed by atoms with van der Waals surface area (Å²) in [4.78, 5) is 56.2. The van der Waals surface area contributed by atoms with E-state index in [1.807, 2.05) is 55.4 Å². The number of nitrogens with two attached hydrogens (primary N) is 1. The molecule has 0 spiro atoms. The van der Waals surface area contributed by atoms with Gasteiger partial charge in [0.15, 0.2) is 17.4 Å². The van der Waals surface area contributed by atoms with Gasteiger partial charge < -0.3 is 52.9 Å². The van der Waals surface area contributed by atoms with Crippen LogP contribution in [0.3, 0.4) is 0 Å². The van der Waals surface area contributed by atoms with Crippen molar-refractivity contribution in [2.45, 2.75) is 130 Å². The summed E-state index contributed by atoms with van der Waals surface area (Å²) in [5, 5.41) is 59.0. The van der Waals surface area contributed by atoms with Gasteiger partial charge in [-0.25, -0.2) is 0 Å². The summed E-state index contributed by atoms with van der Waals surface area (Å²) >= 11 is 11.4. The van der Waals surface area contributed by atoms with E-state index in [0.29, 0.717) is 24.9 Å². The summed E-state index contributed by atoms with van der Waals surface area (Å²) in [6, 6.07) is -0.699. The fourth-order valence-electron chi connectivity index (χ4n) is 2.26. The molecule has 0 radical (unpaired) electrons. The topological polar surface area (TPSA) is 375 Å². The average Bonchev–Trinajstić information content (AvgIpc) is 3.11. The van der Waals surface area contributed by atoms with E-state index in [9.17, 15) is 19.2 Å². The number of hydrogen-bond acceptors (Lipinski definition) is 14. The number of nitrogens with zero attached hydrogens (tertiary/aromatic N) is 2. The van der Waals surface area contributed by atoms with Crippen molar-refractivity contribution in [2.24, 2.45) is 46.0 Å². The van der Waals surface area contributed by atoms with Gasteiger partial charge in [-0.15, -0.1) is 51.7 Å². The van der Waals surface area contributed by atoms with Crippen molar-refractivity contribution in [3.63, 3.8) is 0 Å². The van der Waals surface area contributed by atoms with Gasteiger partial charge in [-0.1, -0.05) is 117 Å². The molecule has 0 fully saturated rings. The third-order valence-corrected chi connectivity index (χ3v) is 8.75. The second kappa shape index (κ2) is 93.8. The van der Waals surface area contributed by atoms with Crippen LogP contribution in [0.2, 0.25) is 0 Å². The Morgan fingerprint density at radius 1 is 0.734 bits per heavy atom. The van der Waals surface area contributed by atoms with Gasteiger partial charge in [0.1, 0.15) is 16.2 Å². The Balaban J connectivity index is -0.0000000217. The van der Waals surface area contributed by atoms with E-state index in [-0.39, 0.29) is 203 Å². The van der Waals surface area contributed by atoms with E-state index in [1.165, 1.54) is 50.0 Å². The van der Waals surface area contributed by atoms with Gasteiger partial charge in [0.05, 0.1) is 0 Å². The zero-order valence-electron chi connectivity index (χ0n) is 40.5. The standard InChI is InChI=1S/C6H11BrO2.C6H11ClO2.C6H13NO2.C6H12O2.C6H14O.Al.BrH.ClH.2Cr.Li.2HNO2.4Na.H2O4S.Zn.4H/c3*1-3-4(2)5(7)6(8)9;1-3-5(2)4-6(7)8;1-3-6(2)4-5-7;;;;;;;2*2-1-3;;;;;1-5(2,3)4;;;;;/h2*4-5H,3H2,1-2H3,(H,8,9);4-5H,3,7H2,1-2H3,(H,8,9);5H,3-4H2,1-2H3,(H,7,8);6-7H,3-5H2,1-2H3;;2*1H;;;;2*(H,2,3);;;;;(H2,1,2,3,4);;;;;/q;;;;;;;;;;+1;;;;;2*+1;;;;;;-1/p-2/t3*4-,5-;5-;6-;;;;;;;;;;;;;;;;;;/m00000................../s1. The van der Waals surface area contributed by atoms with Crippen molar-refractivity contribution >= 4 is 152 Å². The number of aliphatic hydroxyl groups is 1. The molecule has 34 heteroatoms. The molecule has 0 bridgehead atoms. The normalized spacial score (nSPS) is 11.7. The third-order valence-electron chi connectivity index (χ3n) is 6.84. The van der Waals surface area contributed by atoms with E-state index < -0.39 is 45.7 Å². The van der Waals surface area contributed by atoms with E-state index in [0.717, 1.165) is 42.8 Å². The molecule has 8 atom stereocenters. The van der Waals surface area contributed by atoms with Crippen molar-refractivity contribution in [1.82, 2.24) is 0 Å². The first-order valence-corrected chi connectivity index (χ1v) is 28.0. The fourth-order valence-corrected chi connectivity index (χ4v) is 2.82. The second-order valence-corrected chi connectivity index (χ2v) is 13.6. The molecule has 0 rings (SSSR count). The number of carboxylic acids is 4. The molecule has 0 saturated heterocycles. The van der Waals surface area contributed by atoms with E-state index in [1.54, 1.807) is 0 Å². The molecule has 0 heterocycles. The molecular weight excluding hydrogens is 1230 g/mol. The van der Waals surface area contributed by atoms with Crippen LogP contribution < -0.4 is 83.7 Å². The first-order chi connectivity index (χ1) is 25.1. The van der Waals surface area contributed by atoms with Crippen LogP contribution in [-0.2, 0) is 83.8 Å². The van der Waals surface area contributed by atoms with Crippen LogP contribution in [0.4, 0.5) is 0 Å². The molecule has 0 aliphatic rings. The predicted molar refractivity (Wildman–Crippen MR) is 247 cm³/mol. The number of halogens is 4. The monoisotopic (exact) mass is 1300 g/mol. The van der Waals surface area contributed by atoms with Gasteiger partial charge in [-0.05, 0) is 36.0 Å². The van der Waals surface area contributed by atoms with Gasteiger partial charge in [-0.2, -0.15) is 8.42 Å². The average molecular weight is 1300 g/mol. The maximum absolute atomic E-state index is 10.3. The van der Waals surface area contributed by atoms with E-state index in [2.05, 4.69) is 29.8 Å². The van der Waals surface area contributed by atoms with Crippen LogP contribution in [0.5, 0.6) is 0 Å². The largest absolute Gasteiger partial charge is 0 e. The molecule has 0 aliphatic carbocycles. The summed E-state index contributed by atoms with van der Waals surface area (Å²) in [5.74, 6) is -1.94. The molecule has 362 valence electrons. The zero-order valence-corrected chi connectivity index (χ0v) is 58.7. The second-order valence-electron chi connectivity index (χ2n) is 11.2. The van der Waals surface area contributed by atoms with Gasteiger partial charge in [0.2, 0.25) is 0 Å². The van der Waals surface area contributed by atoms with Gasteiger partial charge in [0.25, 0.3) is 0 Å². The summed E-state index contributed by atoms with van der Waals surface area (Å²) in [7, 11) is -4.67. The van der Waals surface area contributed by atoms with Crippen LogP contribution in [-0.4, -0.2) is 151 Å². The van der Waals surface area contributed by atoms with Gasteiger partial charge >= 0.3 is 156 Å². The molecule has 0 amide bonds. The molecule has 9 N–H and O–H groups in total. The van der Waals surface area contributed by atoms with Crippen LogP contribution >= 0.6 is 56.9 Å². The molecular formula is C30H69AlBr2Cl2Cr2LiN3Na4O17SZn. The smallest absolute Gasteiger partial charge is 0 e. The summed E-state index contributed by atoms with van der Waals surface area (Å²) < 4.78 is 31.6. The number of carboxylic acid groups (broad SMARTS) is 4. The summed E-state index contributed by atoms with van der Waals surface area (Å²) in [6.07, 6.45) is 5.90. The Kier molecular flexibility index (Phi) is 180. The van der Waals surface area contributed by atoms with E-state index in [4.69, 9.17) is 80.6 Å². The van der Waals surface area contributed by atoms with Crippen LogP contribution in [0.25, 0.3) is 0 Å².